The Morgan fingerprint density at radius 1 is 0.367 bits per heavy atom. The van der Waals surface area contributed by atoms with E-state index < -0.39 is 0 Å². The van der Waals surface area contributed by atoms with E-state index in [4.69, 9.17) is 0 Å². The molecule has 0 N–H and O–H groups in total. The molecule has 0 aliphatic rings. The molecule has 0 atom stereocenters. The van der Waals surface area contributed by atoms with E-state index in [1.54, 1.807) is 0 Å². The van der Waals surface area contributed by atoms with Crippen LogP contribution >= 0.6 is 0 Å². The minimum absolute atomic E-state index is 0.609. The topological polar surface area (TPSA) is 62.4 Å². The normalized spacial score (nSPS) is 11.6. The molecular weight excluding hydrogens is 599 g/mol. The van der Waals surface area contributed by atoms with Gasteiger partial charge in [-0.25, -0.2) is 0 Å². The van der Waals surface area contributed by atoms with E-state index in [1.807, 2.05) is 48.5 Å². The van der Waals surface area contributed by atoms with Crippen LogP contribution in [0, 0.1) is 22.7 Å². The predicted octanol–water partition coefficient (Wildman–Crippen LogP) is 10.7. The molecule has 0 spiro atoms. The van der Waals surface area contributed by atoms with Gasteiger partial charge in [0.1, 0.15) is 6.07 Å². The smallest absolute Gasteiger partial charge is 0.101 e. The Kier molecular flexibility index (Phi) is 5.64. The molecule has 49 heavy (non-hydrogen) atoms. The van der Waals surface area contributed by atoms with Crippen LogP contribution in [0.5, 0.6) is 0 Å². The highest BCUT2D eigenvalue weighted by Crippen LogP contribution is 2.46. The Balaban J connectivity index is 1.47. The first-order valence-corrected chi connectivity index (χ1v) is 16.2. The van der Waals surface area contributed by atoms with E-state index in [0.717, 1.165) is 82.5 Å². The Morgan fingerprint density at radius 3 is 1.45 bits per heavy atom. The van der Waals surface area contributed by atoms with E-state index >= 15 is 0 Å². The quantitative estimate of drug-likeness (QED) is 0.197. The zero-order valence-electron chi connectivity index (χ0n) is 26.2. The number of nitrogens with zero attached hydrogens (tertiary/aromatic N) is 5. The summed E-state index contributed by atoms with van der Waals surface area (Å²) in [5.74, 6) is 0. The number of rotatable bonds is 3. The molecule has 0 aliphatic carbocycles. The maximum Gasteiger partial charge on any atom is 0.101 e. The van der Waals surface area contributed by atoms with Crippen LogP contribution in [-0.2, 0) is 0 Å². The fourth-order valence-electron chi connectivity index (χ4n) is 7.92. The van der Waals surface area contributed by atoms with Crippen molar-refractivity contribution >= 4 is 65.4 Å². The molecule has 0 saturated heterocycles. The summed E-state index contributed by atoms with van der Waals surface area (Å²) in [5.41, 5.74) is 10.7. The van der Waals surface area contributed by atoms with Crippen LogP contribution in [0.2, 0.25) is 0 Å². The summed E-state index contributed by atoms with van der Waals surface area (Å²) in [6, 6.07) is 57.0. The van der Waals surface area contributed by atoms with Crippen LogP contribution in [0.1, 0.15) is 11.1 Å². The van der Waals surface area contributed by atoms with Crippen molar-refractivity contribution in [3.05, 3.63) is 163 Å². The zero-order valence-corrected chi connectivity index (χ0v) is 26.2. The zero-order chi connectivity index (χ0) is 32.6. The third-order valence-electron chi connectivity index (χ3n) is 9.89. The van der Waals surface area contributed by atoms with Crippen LogP contribution < -0.4 is 0 Å². The first-order valence-electron chi connectivity index (χ1n) is 16.2. The van der Waals surface area contributed by atoms with Crippen molar-refractivity contribution in [2.75, 3.05) is 0 Å². The molecule has 3 aromatic heterocycles. The standard InChI is InChI=1S/C44H25N5/c45-26-28-18-20-31(21-19-28)48-38-17-9-6-14-35(38)42-40(48)25-23-33-32-22-24-39-41(43(32)49(44(33)42)36-15-7-4-10-29(36)27-46)34-13-5-8-16-37(34)47(39)30-11-2-1-3-12-30/h1-25H. The average Bonchev–Trinajstić information content (AvgIpc) is 3.80. The fourth-order valence-corrected chi connectivity index (χ4v) is 7.92. The van der Waals surface area contributed by atoms with E-state index in [9.17, 15) is 10.5 Å². The predicted molar refractivity (Wildman–Crippen MR) is 199 cm³/mol. The van der Waals surface area contributed by atoms with Crippen LogP contribution in [-0.4, -0.2) is 13.7 Å². The van der Waals surface area contributed by atoms with Crippen molar-refractivity contribution in [2.45, 2.75) is 0 Å². The van der Waals surface area contributed by atoms with Crippen molar-refractivity contribution in [3.8, 4) is 29.2 Å². The first-order chi connectivity index (χ1) is 24.3. The molecule has 10 rings (SSSR count). The Bertz CT molecular complexity index is 3050. The third kappa shape index (κ3) is 3.67. The summed E-state index contributed by atoms with van der Waals surface area (Å²) in [5, 5.41) is 26.8. The van der Waals surface area contributed by atoms with Crippen molar-refractivity contribution < 1.29 is 0 Å². The molecule has 5 nitrogen and oxygen atoms in total. The van der Waals surface area contributed by atoms with Gasteiger partial charge in [-0.3, -0.25) is 0 Å². The minimum atomic E-state index is 0.609. The summed E-state index contributed by atoms with van der Waals surface area (Å²) in [6.45, 7) is 0. The van der Waals surface area contributed by atoms with E-state index in [1.165, 1.54) is 0 Å². The Hall–Kier alpha value is -7.08. The summed E-state index contributed by atoms with van der Waals surface area (Å²) in [6.07, 6.45) is 0. The molecular formula is C44H25N5. The highest BCUT2D eigenvalue weighted by Gasteiger charge is 2.25. The molecule has 3 heterocycles. The monoisotopic (exact) mass is 623 g/mol. The van der Waals surface area contributed by atoms with Gasteiger partial charge in [0.15, 0.2) is 0 Å². The SMILES string of the molecule is N#Cc1ccc(-n2c3ccccc3c3c2ccc2c4ccc5c(c6ccccc6n5-c5ccccc5)c4n(-c4ccccc4C#N)c23)cc1. The molecule has 0 saturated carbocycles. The maximum absolute atomic E-state index is 10.5. The lowest BCUT2D eigenvalue weighted by molar-refractivity contribution is 1.17. The average molecular weight is 624 g/mol. The van der Waals surface area contributed by atoms with Crippen LogP contribution in [0.3, 0.4) is 0 Å². The van der Waals surface area contributed by atoms with Crippen LogP contribution in [0.15, 0.2) is 152 Å². The largest absolute Gasteiger partial charge is 0.309 e. The Labute approximate surface area is 280 Å². The lowest BCUT2D eigenvalue weighted by Gasteiger charge is -2.12. The van der Waals surface area contributed by atoms with E-state index in [0.29, 0.717) is 11.1 Å². The highest BCUT2D eigenvalue weighted by molar-refractivity contribution is 6.31. The van der Waals surface area contributed by atoms with Gasteiger partial charge in [-0.1, -0.05) is 78.9 Å². The van der Waals surface area contributed by atoms with Gasteiger partial charge in [0.25, 0.3) is 0 Å². The molecule has 0 unspecified atom stereocenters. The molecule has 0 amide bonds. The first kappa shape index (κ1) is 27.1. The molecule has 7 aromatic carbocycles. The van der Waals surface area contributed by atoms with Gasteiger partial charge in [-0.2, -0.15) is 10.5 Å². The molecule has 0 bridgehead atoms. The van der Waals surface area contributed by atoms with Gasteiger partial charge >= 0.3 is 0 Å². The van der Waals surface area contributed by atoms with Crippen molar-refractivity contribution in [1.82, 2.24) is 13.7 Å². The summed E-state index contributed by atoms with van der Waals surface area (Å²) >= 11 is 0. The van der Waals surface area contributed by atoms with Crippen LogP contribution in [0.25, 0.3) is 82.5 Å². The van der Waals surface area contributed by atoms with Gasteiger partial charge in [-0.15, -0.1) is 0 Å². The lowest BCUT2D eigenvalue weighted by atomic mass is 10.1. The second-order valence-electron chi connectivity index (χ2n) is 12.4. The number of benzene rings is 7. The number of hydrogen-bond acceptors (Lipinski definition) is 2. The van der Waals surface area contributed by atoms with Crippen molar-refractivity contribution in [1.29, 1.82) is 10.5 Å². The second-order valence-corrected chi connectivity index (χ2v) is 12.4. The number of para-hydroxylation sites is 4. The molecule has 0 fully saturated rings. The van der Waals surface area contributed by atoms with Gasteiger partial charge in [0, 0.05) is 43.7 Å². The number of nitriles is 2. The fraction of sp³-hybridized carbons (Fsp3) is 0. The number of hydrogen-bond donors (Lipinski definition) is 0. The second kappa shape index (κ2) is 10.2. The maximum atomic E-state index is 10.5. The van der Waals surface area contributed by atoms with Crippen molar-refractivity contribution in [3.63, 3.8) is 0 Å². The van der Waals surface area contributed by atoms with E-state index in [-0.39, 0.29) is 0 Å². The van der Waals surface area contributed by atoms with E-state index in [2.05, 4.69) is 129 Å². The van der Waals surface area contributed by atoms with Gasteiger partial charge in [0.05, 0.1) is 56.0 Å². The Morgan fingerprint density at radius 2 is 0.878 bits per heavy atom. The van der Waals surface area contributed by atoms with Gasteiger partial charge < -0.3 is 13.7 Å². The summed E-state index contributed by atoms with van der Waals surface area (Å²) < 4.78 is 6.96. The summed E-state index contributed by atoms with van der Waals surface area (Å²) in [4.78, 5) is 0. The molecule has 0 radical (unpaired) electrons. The van der Waals surface area contributed by atoms with Crippen LogP contribution in [0.4, 0.5) is 0 Å². The minimum Gasteiger partial charge on any atom is -0.309 e. The highest BCUT2D eigenvalue weighted by atomic mass is 15.0. The molecule has 0 aliphatic heterocycles. The number of aromatic nitrogens is 3. The third-order valence-corrected chi connectivity index (χ3v) is 9.89. The molecule has 5 heteroatoms. The van der Waals surface area contributed by atoms with Gasteiger partial charge in [0.2, 0.25) is 0 Å². The molecule has 10 aromatic rings. The van der Waals surface area contributed by atoms with Gasteiger partial charge in [-0.05, 0) is 72.8 Å². The summed E-state index contributed by atoms with van der Waals surface area (Å²) in [7, 11) is 0. The molecule has 226 valence electrons. The number of fused-ring (bicyclic) bond motifs is 11. The lowest BCUT2D eigenvalue weighted by Crippen LogP contribution is -1.98. The van der Waals surface area contributed by atoms with Crippen molar-refractivity contribution in [2.24, 2.45) is 0 Å².